The fraction of sp³-hybridized carbons (Fsp3) is 0.833. The topological polar surface area (TPSA) is 52.6 Å². The highest BCUT2D eigenvalue weighted by Gasteiger charge is 2.39. The van der Waals surface area contributed by atoms with Crippen LogP contribution in [0.5, 0.6) is 0 Å². The van der Waals surface area contributed by atoms with Gasteiger partial charge in [0.2, 0.25) is 0 Å². The number of hydrogen-bond donors (Lipinski definition) is 0. The van der Waals surface area contributed by atoms with Gasteiger partial charge in [-0.15, -0.1) is 6.58 Å². The van der Waals surface area contributed by atoms with Crippen molar-refractivity contribution in [2.45, 2.75) is 115 Å². The van der Waals surface area contributed by atoms with Crippen molar-refractivity contribution in [3.63, 3.8) is 0 Å². The fourth-order valence-corrected chi connectivity index (χ4v) is 2.51. The summed E-state index contributed by atoms with van der Waals surface area (Å²) < 4.78 is 58.0. The van der Waals surface area contributed by atoms with E-state index in [0.717, 1.165) is 32.1 Å². The molecule has 0 saturated carbocycles. The lowest BCUT2D eigenvalue weighted by molar-refractivity contribution is -0.172. The molecule has 33 heavy (non-hydrogen) atoms. The minimum absolute atomic E-state index is 0.00488. The summed E-state index contributed by atoms with van der Waals surface area (Å²) in [6.07, 6.45) is 13.7. The molecule has 0 amide bonds. The smallest absolute Gasteiger partial charge is 0.395 e. The summed E-state index contributed by atoms with van der Waals surface area (Å²) >= 11 is 1.84. The number of carbonyl (C=O) groups is 2. The quantitative estimate of drug-likeness (QED) is 0.0634. The number of esters is 2. The lowest BCUT2D eigenvalue weighted by atomic mass is 10.1. The first-order valence-corrected chi connectivity index (χ1v) is 12.6. The predicted molar refractivity (Wildman–Crippen MR) is 129 cm³/mol. The Kier molecular flexibility index (Phi) is 26.5. The molecule has 0 aliphatic carbocycles. The van der Waals surface area contributed by atoms with E-state index in [9.17, 15) is 27.2 Å². The normalized spacial score (nSPS) is 10.8. The van der Waals surface area contributed by atoms with E-state index in [1.165, 1.54) is 46.0 Å². The SMILES string of the molecule is C=CCCCCCC.CCCCCCCCC(F)(F)C(=O)OCC.CCOC(=O)C(F)(F)Br. The van der Waals surface area contributed by atoms with Crippen LogP contribution in [0.1, 0.15) is 105 Å². The highest BCUT2D eigenvalue weighted by atomic mass is 79.9. The zero-order valence-electron chi connectivity index (χ0n) is 20.7. The lowest BCUT2D eigenvalue weighted by Crippen LogP contribution is -2.30. The van der Waals surface area contributed by atoms with Gasteiger partial charge >= 0.3 is 22.7 Å². The van der Waals surface area contributed by atoms with E-state index in [1.807, 2.05) is 22.0 Å². The van der Waals surface area contributed by atoms with Gasteiger partial charge in [0.1, 0.15) is 0 Å². The summed E-state index contributed by atoms with van der Waals surface area (Å²) in [5, 5.41) is 0. The molecule has 4 nitrogen and oxygen atoms in total. The molecule has 0 aromatic heterocycles. The van der Waals surface area contributed by atoms with Gasteiger partial charge in [0, 0.05) is 22.4 Å². The van der Waals surface area contributed by atoms with Gasteiger partial charge in [-0.2, -0.15) is 17.6 Å². The molecule has 0 bridgehead atoms. The second-order valence-electron chi connectivity index (χ2n) is 7.30. The average molecular weight is 552 g/mol. The third kappa shape index (κ3) is 27.0. The van der Waals surface area contributed by atoms with Crippen molar-refractivity contribution in [1.82, 2.24) is 0 Å². The van der Waals surface area contributed by atoms with Crippen LogP contribution in [0.25, 0.3) is 0 Å². The van der Waals surface area contributed by atoms with Crippen molar-refractivity contribution in [2.75, 3.05) is 13.2 Å². The van der Waals surface area contributed by atoms with Gasteiger partial charge in [-0.1, -0.05) is 71.3 Å². The summed E-state index contributed by atoms with van der Waals surface area (Å²) in [4.78, 5) is 17.4. The molecule has 0 aromatic carbocycles. The Balaban J connectivity index is -0.000000449. The van der Waals surface area contributed by atoms with Crippen LogP contribution in [0.4, 0.5) is 17.6 Å². The summed E-state index contributed by atoms with van der Waals surface area (Å²) in [5.74, 6) is -6.24. The minimum Gasteiger partial charge on any atom is -0.462 e. The van der Waals surface area contributed by atoms with Crippen LogP contribution in [0, 0.1) is 0 Å². The maximum absolute atomic E-state index is 13.1. The highest BCUT2D eigenvalue weighted by molar-refractivity contribution is 9.10. The number of unbranched alkanes of at least 4 members (excludes halogenated alkanes) is 9. The summed E-state index contributed by atoms with van der Waals surface area (Å²) in [7, 11) is 0. The average Bonchev–Trinajstić information content (AvgIpc) is 2.74. The number of allylic oxidation sites excluding steroid dienone is 1. The van der Waals surface area contributed by atoms with Crippen LogP contribution in [-0.2, 0) is 19.1 Å². The molecule has 0 aromatic rings. The van der Waals surface area contributed by atoms with Crippen molar-refractivity contribution < 1.29 is 36.6 Å². The maximum atomic E-state index is 13.1. The third-order valence-corrected chi connectivity index (χ3v) is 4.51. The standard InChI is InChI=1S/C12H22F2O2.C8H16.C4H5BrF2O2/c1-3-5-6-7-8-9-10-12(13,14)11(15)16-4-2;1-3-5-7-8-6-4-2;1-2-9-3(8)4(5,6)7/h3-10H2,1-2H3;3H,1,4-8H2,2H3;2H2,1H3. The Morgan fingerprint density at radius 3 is 1.58 bits per heavy atom. The Morgan fingerprint density at radius 2 is 1.18 bits per heavy atom. The molecular weight excluding hydrogens is 508 g/mol. The van der Waals surface area contributed by atoms with E-state index in [1.54, 1.807) is 0 Å². The van der Waals surface area contributed by atoms with E-state index in [4.69, 9.17) is 0 Å². The van der Waals surface area contributed by atoms with E-state index in [0.29, 0.717) is 6.42 Å². The molecule has 198 valence electrons. The monoisotopic (exact) mass is 550 g/mol. The van der Waals surface area contributed by atoms with Crippen LogP contribution in [0.3, 0.4) is 0 Å². The molecule has 0 N–H and O–H groups in total. The molecular formula is C24H43BrF4O4. The minimum atomic E-state index is -3.54. The van der Waals surface area contributed by atoms with Gasteiger partial charge in [0.25, 0.3) is 0 Å². The van der Waals surface area contributed by atoms with Gasteiger partial charge in [-0.25, -0.2) is 9.59 Å². The second kappa shape index (κ2) is 24.0. The van der Waals surface area contributed by atoms with E-state index in [-0.39, 0.29) is 13.2 Å². The molecule has 0 radical (unpaired) electrons. The van der Waals surface area contributed by atoms with Gasteiger partial charge in [-0.05, 0) is 33.1 Å². The van der Waals surface area contributed by atoms with Gasteiger partial charge < -0.3 is 9.47 Å². The number of carbonyl (C=O) groups excluding carboxylic acids is 2. The molecule has 0 aliphatic rings. The van der Waals surface area contributed by atoms with Crippen LogP contribution in [-0.4, -0.2) is 35.9 Å². The number of ether oxygens (including phenoxy) is 2. The molecule has 0 fully saturated rings. The first kappa shape index (κ1) is 36.4. The first-order chi connectivity index (χ1) is 15.4. The number of halogens is 5. The second-order valence-corrected chi connectivity index (χ2v) is 8.29. The van der Waals surface area contributed by atoms with Gasteiger partial charge in [0.15, 0.2) is 0 Å². The zero-order chi connectivity index (χ0) is 26.2. The van der Waals surface area contributed by atoms with Crippen molar-refractivity contribution in [2.24, 2.45) is 0 Å². The van der Waals surface area contributed by atoms with E-state index >= 15 is 0 Å². The summed E-state index contributed by atoms with van der Waals surface area (Å²) in [6, 6.07) is 0. The summed E-state index contributed by atoms with van der Waals surface area (Å²) in [6.45, 7) is 10.9. The predicted octanol–water partition coefficient (Wildman–Crippen LogP) is 8.62. The molecule has 0 rings (SSSR count). The van der Waals surface area contributed by atoms with Crippen LogP contribution in [0.15, 0.2) is 12.7 Å². The molecule has 0 atom stereocenters. The van der Waals surface area contributed by atoms with Gasteiger partial charge in [-0.3, -0.25) is 0 Å². The van der Waals surface area contributed by atoms with Crippen LogP contribution < -0.4 is 0 Å². The molecule has 0 unspecified atom stereocenters. The van der Waals surface area contributed by atoms with Crippen molar-refractivity contribution in [3.8, 4) is 0 Å². The van der Waals surface area contributed by atoms with E-state index < -0.39 is 29.1 Å². The molecule has 0 heterocycles. The Hall–Kier alpha value is -1.12. The third-order valence-electron chi connectivity index (χ3n) is 4.19. The highest BCUT2D eigenvalue weighted by Crippen LogP contribution is 2.24. The lowest BCUT2D eigenvalue weighted by Gasteiger charge is -2.14. The van der Waals surface area contributed by atoms with Crippen molar-refractivity contribution >= 4 is 27.9 Å². The van der Waals surface area contributed by atoms with Gasteiger partial charge in [0.05, 0.1) is 13.2 Å². The molecule has 9 heteroatoms. The van der Waals surface area contributed by atoms with Crippen molar-refractivity contribution in [1.29, 1.82) is 0 Å². The van der Waals surface area contributed by atoms with E-state index in [2.05, 4.69) is 29.9 Å². The Morgan fingerprint density at radius 1 is 0.758 bits per heavy atom. The maximum Gasteiger partial charge on any atom is 0.395 e. The Labute approximate surface area is 206 Å². The molecule has 0 saturated heterocycles. The zero-order valence-corrected chi connectivity index (χ0v) is 22.3. The molecule has 0 aliphatic heterocycles. The number of hydrogen-bond acceptors (Lipinski definition) is 4. The summed E-state index contributed by atoms with van der Waals surface area (Å²) in [5.41, 5.74) is 0. The largest absolute Gasteiger partial charge is 0.462 e. The molecule has 0 spiro atoms. The van der Waals surface area contributed by atoms with Crippen LogP contribution in [0.2, 0.25) is 0 Å². The number of rotatable bonds is 16. The van der Waals surface area contributed by atoms with Crippen molar-refractivity contribution in [3.05, 3.63) is 12.7 Å². The number of alkyl halides is 5. The Bertz CT molecular complexity index is 484. The first-order valence-electron chi connectivity index (χ1n) is 11.8. The fourth-order valence-electron chi connectivity index (χ4n) is 2.39. The van der Waals surface area contributed by atoms with Crippen LogP contribution >= 0.6 is 15.9 Å².